The number of hydrogen-bond donors (Lipinski definition) is 2. The minimum Gasteiger partial charge on any atom is -0.493 e. The second-order valence-electron chi connectivity index (χ2n) is 6.34. The van der Waals surface area contributed by atoms with E-state index in [0.717, 1.165) is 17.3 Å². The van der Waals surface area contributed by atoms with Crippen LogP contribution in [0, 0.1) is 0 Å². The molecule has 1 aliphatic rings. The number of rotatable bonds is 6. The summed E-state index contributed by atoms with van der Waals surface area (Å²) in [4.78, 5) is 38.2. The third-order valence-corrected chi connectivity index (χ3v) is 5.22. The van der Waals surface area contributed by atoms with E-state index in [9.17, 15) is 14.4 Å². The third-order valence-electron chi connectivity index (χ3n) is 4.04. The van der Waals surface area contributed by atoms with Gasteiger partial charge in [0, 0.05) is 6.92 Å². The fraction of sp³-hybridized carbons (Fsp3) is 0.143. The van der Waals surface area contributed by atoms with Crippen LogP contribution in [-0.2, 0) is 16.2 Å². The van der Waals surface area contributed by atoms with Crippen LogP contribution < -0.4 is 14.8 Å². The Morgan fingerprint density at radius 2 is 1.97 bits per heavy atom. The van der Waals surface area contributed by atoms with Crippen molar-refractivity contribution in [1.82, 2.24) is 5.32 Å². The van der Waals surface area contributed by atoms with Gasteiger partial charge >= 0.3 is 5.97 Å². The maximum atomic E-state index is 12.0. The molecule has 1 aliphatic heterocycles. The number of carboxylic acids is 1. The maximum Gasteiger partial charge on any atom is 0.335 e. The zero-order valence-corrected chi connectivity index (χ0v) is 18.0. The van der Waals surface area contributed by atoms with E-state index < -0.39 is 11.9 Å². The number of carbonyl (C=O) groups is 3. The van der Waals surface area contributed by atoms with Gasteiger partial charge in [0.2, 0.25) is 5.91 Å². The number of halogens is 1. The van der Waals surface area contributed by atoms with Crippen molar-refractivity contribution in [3.05, 3.63) is 63.0 Å². The number of nitrogens with one attached hydrogen (secondary N) is 1. The Hall–Kier alpha value is -3.30. The highest BCUT2D eigenvalue weighted by Crippen LogP contribution is 2.38. The number of ether oxygens (including phenoxy) is 2. The molecule has 0 atom stereocenters. The predicted octanol–water partition coefficient (Wildman–Crippen LogP) is 3.73. The number of nitrogens with zero attached hydrogens (tertiary/aromatic N) is 1. The van der Waals surface area contributed by atoms with Crippen molar-refractivity contribution < 1.29 is 29.0 Å². The fourth-order valence-electron chi connectivity index (χ4n) is 2.63. The Balaban J connectivity index is 1.77. The number of benzene rings is 2. The van der Waals surface area contributed by atoms with E-state index in [1.807, 2.05) is 0 Å². The van der Waals surface area contributed by atoms with Crippen molar-refractivity contribution in [2.75, 3.05) is 7.11 Å². The van der Waals surface area contributed by atoms with Crippen LogP contribution in [-0.4, -0.2) is 35.2 Å². The summed E-state index contributed by atoms with van der Waals surface area (Å²) in [5, 5.41) is 11.9. The van der Waals surface area contributed by atoms with Crippen LogP contribution in [0.25, 0.3) is 6.08 Å². The first-order valence-corrected chi connectivity index (χ1v) is 10.1. The lowest BCUT2D eigenvalue weighted by atomic mass is 10.1. The molecule has 2 amide bonds. The molecule has 3 rings (SSSR count). The highest BCUT2D eigenvalue weighted by Gasteiger charge is 2.23. The average Bonchev–Trinajstić information content (AvgIpc) is 3.04. The van der Waals surface area contributed by atoms with E-state index in [4.69, 9.17) is 26.2 Å². The van der Waals surface area contributed by atoms with Crippen molar-refractivity contribution in [3.8, 4) is 11.5 Å². The summed E-state index contributed by atoms with van der Waals surface area (Å²) in [6, 6.07) is 9.55. The van der Waals surface area contributed by atoms with Gasteiger partial charge < -0.3 is 19.9 Å². The lowest BCUT2D eigenvalue weighted by molar-refractivity contribution is -0.117. The molecule has 8 nitrogen and oxygen atoms in total. The summed E-state index contributed by atoms with van der Waals surface area (Å²) < 4.78 is 11.2. The number of amidine groups is 1. The predicted molar refractivity (Wildman–Crippen MR) is 118 cm³/mol. The third kappa shape index (κ3) is 5.65. The van der Waals surface area contributed by atoms with Gasteiger partial charge in [-0.3, -0.25) is 9.59 Å². The molecule has 0 radical (unpaired) electrons. The molecule has 31 heavy (non-hydrogen) atoms. The van der Waals surface area contributed by atoms with Crippen molar-refractivity contribution >= 4 is 52.4 Å². The molecule has 10 heteroatoms. The summed E-state index contributed by atoms with van der Waals surface area (Å²) in [6.07, 6.45) is 1.59. The van der Waals surface area contributed by atoms with Crippen molar-refractivity contribution in [1.29, 1.82) is 0 Å². The number of thioether (sulfide) groups is 1. The summed E-state index contributed by atoms with van der Waals surface area (Å²) in [7, 11) is 1.46. The largest absolute Gasteiger partial charge is 0.493 e. The van der Waals surface area contributed by atoms with Gasteiger partial charge in [0.05, 0.1) is 22.6 Å². The van der Waals surface area contributed by atoms with Gasteiger partial charge in [-0.2, -0.15) is 4.99 Å². The summed E-state index contributed by atoms with van der Waals surface area (Å²) in [5.74, 6) is -1.11. The molecule has 0 saturated carbocycles. The highest BCUT2D eigenvalue weighted by molar-refractivity contribution is 8.18. The van der Waals surface area contributed by atoms with Crippen LogP contribution in [0.1, 0.15) is 28.4 Å². The van der Waals surface area contributed by atoms with Gasteiger partial charge in [-0.25, -0.2) is 4.79 Å². The van der Waals surface area contributed by atoms with Crippen molar-refractivity contribution in [2.45, 2.75) is 13.5 Å². The number of carboxylic acid groups (broad SMARTS) is 1. The van der Waals surface area contributed by atoms with Crippen LogP contribution in [0.15, 0.2) is 46.3 Å². The molecule has 0 spiro atoms. The zero-order valence-electron chi connectivity index (χ0n) is 16.5. The standard InChI is InChI=1S/C21H17ClN2O6S/c1-11(25)23-21-24-19(26)17(31-21)9-13-7-15(22)18(16(8-13)29-2)30-10-12-3-5-14(6-4-12)20(27)28/h3-9H,10H2,1-2H3,(H,27,28)(H,23,24,25,26). The molecule has 2 aromatic carbocycles. The molecule has 160 valence electrons. The van der Waals surface area contributed by atoms with E-state index in [2.05, 4.69) is 10.3 Å². The lowest BCUT2D eigenvalue weighted by Crippen LogP contribution is -2.23. The van der Waals surface area contributed by atoms with Crippen LogP contribution in [0.5, 0.6) is 11.5 Å². The summed E-state index contributed by atoms with van der Waals surface area (Å²) in [5.41, 5.74) is 1.53. The molecule has 0 aliphatic carbocycles. The van der Waals surface area contributed by atoms with E-state index in [-0.39, 0.29) is 28.3 Å². The first-order valence-electron chi connectivity index (χ1n) is 8.89. The van der Waals surface area contributed by atoms with Crippen LogP contribution >= 0.6 is 23.4 Å². The highest BCUT2D eigenvalue weighted by atomic mass is 35.5. The summed E-state index contributed by atoms with van der Waals surface area (Å²) >= 11 is 7.43. The van der Waals surface area contributed by atoms with Crippen molar-refractivity contribution in [3.63, 3.8) is 0 Å². The van der Waals surface area contributed by atoms with Gasteiger partial charge in [0.1, 0.15) is 6.61 Å². The minimum atomic E-state index is -1.00. The van der Waals surface area contributed by atoms with Gasteiger partial charge in [0.15, 0.2) is 16.7 Å². The minimum absolute atomic E-state index is 0.151. The fourth-order valence-corrected chi connectivity index (χ4v) is 3.76. The molecule has 0 saturated heterocycles. The monoisotopic (exact) mass is 460 g/mol. The second-order valence-corrected chi connectivity index (χ2v) is 7.78. The molecular formula is C21H17ClN2O6S. The van der Waals surface area contributed by atoms with Gasteiger partial charge in [-0.05, 0) is 53.2 Å². The SMILES string of the molecule is COc1cc(C=C2SC(NC(C)=O)=NC2=O)cc(Cl)c1OCc1ccc(C(=O)O)cc1. The maximum absolute atomic E-state index is 12.0. The van der Waals surface area contributed by atoms with Gasteiger partial charge in [-0.1, -0.05) is 23.7 Å². The molecule has 2 N–H and O–H groups in total. The van der Waals surface area contributed by atoms with E-state index in [1.165, 1.54) is 26.2 Å². The average molecular weight is 461 g/mol. The lowest BCUT2D eigenvalue weighted by Gasteiger charge is -2.13. The van der Waals surface area contributed by atoms with Crippen LogP contribution in [0.2, 0.25) is 5.02 Å². The van der Waals surface area contributed by atoms with E-state index in [0.29, 0.717) is 22.0 Å². The van der Waals surface area contributed by atoms with Crippen LogP contribution in [0.4, 0.5) is 0 Å². The molecule has 0 unspecified atom stereocenters. The first-order chi connectivity index (χ1) is 14.8. The molecule has 0 aromatic heterocycles. The van der Waals surface area contributed by atoms with Gasteiger partial charge in [0.25, 0.3) is 5.91 Å². The second kappa shape index (κ2) is 9.67. The smallest absolute Gasteiger partial charge is 0.335 e. The van der Waals surface area contributed by atoms with Gasteiger partial charge in [-0.15, -0.1) is 0 Å². The van der Waals surface area contributed by atoms with E-state index in [1.54, 1.807) is 30.3 Å². The normalized spacial score (nSPS) is 14.4. The number of aliphatic imine (C=N–C) groups is 1. The van der Waals surface area contributed by atoms with Crippen LogP contribution in [0.3, 0.4) is 0 Å². The molecule has 2 aromatic rings. The Kier molecular flexibility index (Phi) is 6.98. The molecule has 0 bridgehead atoms. The molecule has 1 heterocycles. The zero-order chi connectivity index (χ0) is 22.5. The number of aromatic carboxylic acids is 1. The summed E-state index contributed by atoms with van der Waals surface area (Å²) in [6.45, 7) is 1.48. The Labute approximate surface area is 186 Å². The van der Waals surface area contributed by atoms with Crippen molar-refractivity contribution in [2.24, 2.45) is 4.99 Å². The first kappa shape index (κ1) is 22.4. The number of methoxy groups -OCH3 is 1. The quantitative estimate of drug-likeness (QED) is 0.631. The molecule has 0 fully saturated rings. The molecular weight excluding hydrogens is 444 g/mol. The Morgan fingerprint density at radius 3 is 2.58 bits per heavy atom. The number of carbonyl (C=O) groups excluding carboxylic acids is 2. The number of amides is 2. The number of hydrogen-bond acceptors (Lipinski definition) is 6. The Morgan fingerprint density at radius 1 is 1.26 bits per heavy atom. The topological polar surface area (TPSA) is 114 Å². The Bertz CT molecular complexity index is 1110. The van der Waals surface area contributed by atoms with E-state index >= 15 is 0 Å².